The maximum Gasteiger partial charge on any atom is 0.348 e. The number of ether oxygens (including phenoxy) is 1. The molecule has 0 aliphatic carbocycles. The topological polar surface area (TPSA) is 49.8 Å². The molecule has 0 spiro atoms. The third-order valence-electron chi connectivity index (χ3n) is 4.30. The average Bonchev–Trinajstić information content (AvgIpc) is 3.00. The molecule has 1 aliphatic rings. The van der Waals surface area contributed by atoms with Crippen LogP contribution in [-0.4, -0.2) is 42.2 Å². The van der Waals surface area contributed by atoms with Gasteiger partial charge in [-0.3, -0.25) is 0 Å². The summed E-state index contributed by atoms with van der Waals surface area (Å²) in [5, 5.41) is 11.3. The summed E-state index contributed by atoms with van der Waals surface area (Å²) < 4.78 is 5.63. The average molecular weight is 311 g/mol. The van der Waals surface area contributed by atoms with Crippen molar-refractivity contribution < 1.29 is 14.6 Å². The van der Waals surface area contributed by atoms with Crippen molar-refractivity contribution in [2.24, 2.45) is 0 Å². The summed E-state index contributed by atoms with van der Waals surface area (Å²) in [5.41, 5.74) is -0.756. The zero-order valence-electron chi connectivity index (χ0n) is 13.2. The van der Waals surface area contributed by atoms with Gasteiger partial charge in [-0.05, 0) is 24.6 Å². The van der Waals surface area contributed by atoms with E-state index in [1.807, 2.05) is 19.2 Å². The van der Waals surface area contributed by atoms with Gasteiger partial charge in [0.1, 0.15) is 6.10 Å². The van der Waals surface area contributed by atoms with Crippen molar-refractivity contribution >= 4 is 5.97 Å². The molecule has 0 saturated carbocycles. The number of carbonyl (C=O) groups excluding carboxylic acids is 1. The molecule has 1 fully saturated rings. The van der Waals surface area contributed by atoms with E-state index in [2.05, 4.69) is 4.90 Å². The second-order valence-corrected chi connectivity index (χ2v) is 6.02. The monoisotopic (exact) mass is 311 g/mol. The molecule has 0 radical (unpaired) electrons. The van der Waals surface area contributed by atoms with Crippen molar-refractivity contribution in [1.82, 2.24) is 4.90 Å². The lowest BCUT2D eigenvalue weighted by atomic mass is 9.86. The summed E-state index contributed by atoms with van der Waals surface area (Å²) in [6.07, 6.45) is 0.619. The summed E-state index contributed by atoms with van der Waals surface area (Å²) in [7, 11) is 1.99. The number of hydrogen-bond donors (Lipinski definition) is 1. The molecule has 0 aromatic heterocycles. The SMILES string of the molecule is CN1CC[C@@H](OC(=O)C(O)(c2ccccc2)c2ccccc2)C1. The van der Waals surface area contributed by atoms with Gasteiger partial charge >= 0.3 is 5.97 Å². The van der Waals surface area contributed by atoms with Crippen LogP contribution in [0.25, 0.3) is 0 Å². The molecule has 4 heteroatoms. The van der Waals surface area contributed by atoms with Gasteiger partial charge in [0.15, 0.2) is 0 Å². The molecule has 2 aromatic rings. The van der Waals surface area contributed by atoms with Crippen molar-refractivity contribution in [3.8, 4) is 0 Å². The molecular formula is C19H21NO3. The number of hydrogen-bond acceptors (Lipinski definition) is 4. The number of esters is 1. The van der Waals surface area contributed by atoms with Gasteiger partial charge in [0, 0.05) is 13.1 Å². The molecule has 0 amide bonds. The van der Waals surface area contributed by atoms with Gasteiger partial charge in [-0.1, -0.05) is 60.7 Å². The molecule has 4 nitrogen and oxygen atoms in total. The third kappa shape index (κ3) is 3.14. The molecular weight excluding hydrogens is 290 g/mol. The molecule has 1 heterocycles. The van der Waals surface area contributed by atoms with E-state index in [0.29, 0.717) is 17.7 Å². The summed E-state index contributed by atoms with van der Waals surface area (Å²) in [5.74, 6) is -0.616. The van der Waals surface area contributed by atoms with Gasteiger partial charge in [-0.2, -0.15) is 0 Å². The fourth-order valence-corrected chi connectivity index (χ4v) is 2.99. The van der Waals surface area contributed by atoms with Gasteiger partial charge in [0.05, 0.1) is 0 Å². The molecule has 1 N–H and O–H groups in total. The van der Waals surface area contributed by atoms with Crippen LogP contribution in [0.3, 0.4) is 0 Å². The lowest BCUT2D eigenvalue weighted by Crippen LogP contribution is -2.40. The second kappa shape index (κ2) is 6.52. The maximum absolute atomic E-state index is 12.8. The van der Waals surface area contributed by atoms with E-state index in [9.17, 15) is 9.90 Å². The Morgan fingerprint density at radius 2 is 1.61 bits per heavy atom. The second-order valence-electron chi connectivity index (χ2n) is 6.02. The Hall–Kier alpha value is -2.17. The highest BCUT2D eigenvalue weighted by molar-refractivity contribution is 5.85. The largest absolute Gasteiger partial charge is 0.458 e. The predicted octanol–water partition coefficient (Wildman–Crippen LogP) is 2.17. The Labute approximate surface area is 136 Å². The van der Waals surface area contributed by atoms with E-state index >= 15 is 0 Å². The molecule has 1 saturated heterocycles. The van der Waals surface area contributed by atoms with E-state index in [-0.39, 0.29) is 6.10 Å². The number of likely N-dealkylation sites (N-methyl/N-ethyl adjacent to an activating group) is 1. The van der Waals surface area contributed by atoms with E-state index in [1.54, 1.807) is 48.5 Å². The lowest BCUT2D eigenvalue weighted by molar-refractivity contribution is -0.167. The summed E-state index contributed by atoms with van der Waals surface area (Å²) in [4.78, 5) is 15.0. The fourth-order valence-electron chi connectivity index (χ4n) is 2.99. The van der Waals surface area contributed by atoms with Crippen LogP contribution in [0.5, 0.6) is 0 Å². The van der Waals surface area contributed by atoms with Crippen LogP contribution in [-0.2, 0) is 15.1 Å². The Morgan fingerprint density at radius 3 is 2.04 bits per heavy atom. The smallest absolute Gasteiger partial charge is 0.348 e. The Bertz CT molecular complexity index is 617. The van der Waals surface area contributed by atoms with Crippen LogP contribution in [0.2, 0.25) is 0 Å². The highest BCUT2D eigenvalue weighted by Gasteiger charge is 2.43. The predicted molar refractivity (Wildman–Crippen MR) is 87.9 cm³/mol. The van der Waals surface area contributed by atoms with E-state index in [1.165, 1.54) is 0 Å². The number of nitrogens with zero attached hydrogens (tertiary/aromatic N) is 1. The van der Waals surface area contributed by atoms with Gasteiger partial charge in [0.2, 0.25) is 5.60 Å². The zero-order chi connectivity index (χ0) is 16.3. The first-order valence-electron chi connectivity index (χ1n) is 7.84. The highest BCUT2D eigenvalue weighted by atomic mass is 16.6. The molecule has 3 rings (SSSR count). The third-order valence-corrected chi connectivity index (χ3v) is 4.30. The van der Waals surface area contributed by atoms with Crippen molar-refractivity contribution in [2.75, 3.05) is 20.1 Å². The summed E-state index contributed by atoms with van der Waals surface area (Å²) in [6.45, 7) is 1.60. The number of rotatable bonds is 4. The molecule has 0 unspecified atom stereocenters. The van der Waals surface area contributed by atoms with Crippen LogP contribution < -0.4 is 0 Å². The molecule has 2 aromatic carbocycles. The van der Waals surface area contributed by atoms with Crippen LogP contribution in [0.4, 0.5) is 0 Å². The fraction of sp³-hybridized carbons (Fsp3) is 0.316. The van der Waals surface area contributed by atoms with Gasteiger partial charge in [-0.15, -0.1) is 0 Å². The summed E-state index contributed by atoms with van der Waals surface area (Å²) in [6, 6.07) is 17.9. The minimum absolute atomic E-state index is 0.175. The van der Waals surface area contributed by atoms with E-state index < -0.39 is 11.6 Å². The summed E-state index contributed by atoms with van der Waals surface area (Å²) >= 11 is 0. The first kappa shape index (κ1) is 15.7. The van der Waals surface area contributed by atoms with Crippen LogP contribution in [0, 0.1) is 0 Å². The lowest BCUT2D eigenvalue weighted by Gasteiger charge is -2.28. The Kier molecular flexibility index (Phi) is 4.46. The molecule has 1 aliphatic heterocycles. The molecule has 23 heavy (non-hydrogen) atoms. The quantitative estimate of drug-likeness (QED) is 0.879. The van der Waals surface area contributed by atoms with Crippen molar-refractivity contribution in [2.45, 2.75) is 18.1 Å². The zero-order valence-corrected chi connectivity index (χ0v) is 13.2. The van der Waals surface area contributed by atoms with E-state index in [0.717, 1.165) is 13.0 Å². The molecule has 0 bridgehead atoms. The minimum Gasteiger partial charge on any atom is -0.458 e. The first-order valence-corrected chi connectivity index (χ1v) is 7.84. The highest BCUT2D eigenvalue weighted by Crippen LogP contribution is 2.32. The number of likely N-dealkylation sites (tertiary alicyclic amines) is 1. The molecule has 1 atom stereocenters. The van der Waals surface area contributed by atoms with E-state index in [4.69, 9.17) is 4.74 Å². The molecule has 120 valence electrons. The van der Waals surface area contributed by atoms with Crippen molar-refractivity contribution in [3.05, 3.63) is 71.8 Å². The van der Waals surface area contributed by atoms with Crippen molar-refractivity contribution in [1.29, 1.82) is 0 Å². The normalized spacial score (nSPS) is 18.8. The van der Waals surface area contributed by atoms with Crippen LogP contribution >= 0.6 is 0 Å². The number of aliphatic hydroxyl groups is 1. The standard InChI is InChI=1S/C19H21NO3/c1-20-13-12-17(14-20)23-18(21)19(22,15-8-4-2-5-9-15)16-10-6-3-7-11-16/h2-11,17,22H,12-14H2,1H3/t17-/m1/s1. The number of carbonyl (C=O) groups is 1. The van der Waals surface area contributed by atoms with Gasteiger partial charge in [-0.25, -0.2) is 4.79 Å². The Balaban J connectivity index is 1.94. The number of benzene rings is 2. The van der Waals surface area contributed by atoms with Crippen molar-refractivity contribution in [3.63, 3.8) is 0 Å². The first-order chi connectivity index (χ1) is 11.1. The minimum atomic E-state index is -1.79. The Morgan fingerprint density at radius 1 is 1.09 bits per heavy atom. The maximum atomic E-state index is 12.8. The van der Waals surface area contributed by atoms with Gasteiger partial charge in [0.25, 0.3) is 0 Å². The van der Waals surface area contributed by atoms with Gasteiger partial charge < -0.3 is 14.7 Å². The van der Waals surface area contributed by atoms with Crippen LogP contribution in [0.15, 0.2) is 60.7 Å². The van der Waals surface area contributed by atoms with Crippen LogP contribution in [0.1, 0.15) is 17.5 Å².